The van der Waals surface area contributed by atoms with E-state index in [0.29, 0.717) is 11.1 Å². The second-order valence-corrected chi connectivity index (χ2v) is 5.83. The summed E-state index contributed by atoms with van der Waals surface area (Å²) >= 11 is 0. The molecule has 24 heavy (non-hydrogen) atoms. The molecule has 124 valence electrons. The SMILES string of the molecule is COC(=O)c1ccc2c(c1)[C@H](NC(=O)Cc1ccccc1F)CC2. The molecule has 0 saturated heterocycles. The number of ether oxygens (including phenoxy) is 1. The first-order valence-electron chi connectivity index (χ1n) is 7.82. The van der Waals surface area contributed by atoms with Crippen LogP contribution >= 0.6 is 0 Å². The molecule has 1 atom stereocenters. The molecule has 1 aliphatic rings. The zero-order chi connectivity index (χ0) is 17.1. The van der Waals surface area contributed by atoms with E-state index in [1.54, 1.807) is 30.3 Å². The van der Waals surface area contributed by atoms with Gasteiger partial charge in [0.15, 0.2) is 0 Å². The summed E-state index contributed by atoms with van der Waals surface area (Å²) in [5.41, 5.74) is 2.88. The Morgan fingerprint density at radius 3 is 2.79 bits per heavy atom. The number of halogens is 1. The summed E-state index contributed by atoms with van der Waals surface area (Å²) in [6, 6.07) is 11.5. The quantitative estimate of drug-likeness (QED) is 0.879. The molecule has 0 aromatic heterocycles. The Labute approximate surface area is 139 Å². The third kappa shape index (κ3) is 3.30. The van der Waals surface area contributed by atoms with Crippen LogP contribution in [-0.2, 0) is 22.4 Å². The summed E-state index contributed by atoms with van der Waals surface area (Å²) < 4.78 is 18.4. The van der Waals surface area contributed by atoms with E-state index in [1.165, 1.54) is 13.2 Å². The van der Waals surface area contributed by atoms with Gasteiger partial charge in [-0.1, -0.05) is 24.3 Å². The van der Waals surface area contributed by atoms with Gasteiger partial charge in [-0.2, -0.15) is 0 Å². The molecule has 1 amide bonds. The largest absolute Gasteiger partial charge is 0.465 e. The maximum absolute atomic E-state index is 13.7. The van der Waals surface area contributed by atoms with Gasteiger partial charge in [-0.3, -0.25) is 4.79 Å². The van der Waals surface area contributed by atoms with Crippen LogP contribution in [0.25, 0.3) is 0 Å². The van der Waals surface area contributed by atoms with Crippen LogP contribution in [0.2, 0.25) is 0 Å². The number of hydrogen-bond acceptors (Lipinski definition) is 3. The van der Waals surface area contributed by atoms with Crippen molar-refractivity contribution in [3.63, 3.8) is 0 Å². The number of carbonyl (C=O) groups is 2. The van der Waals surface area contributed by atoms with E-state index in [9.17, 15) is 14.0 Å². The second-order valence-electron chi connectivity index (χ2n) is 5.83. The summed E-state index contributed by atoms with van der Waals surface area (Å²) in [5.74, 6) is -1.02. The van der Waals surface area contributed by atoms with Gasteiger partial charge in [0.2, 0.25) is 5.91 Å². The third-order valence-corrected chi connectivity index (χ3v) is 4.29. The normalized spacial score (nSPS) is 15.7. The zero-order valence-corrected chi connectivity index (χ0v) is 13.3. The van der Waals surface area contributed by atoms with E-state index >= 15 is 0 Å². The second kappa shape index (κ2) is 6.83. The van der Waals surface area contributed by atoms with Gasteiger partial charge in [0.05, 0.1) is 25.1 Å². The van der Waals surface area contributed by atoms with Crippen LogP contribution in [0.15, 0.2) is 42.5 Å². The highest BCUT2D eigenvalue weighted by Gasteiger charge is 2.25. The van der Waals surface area contributed by atoms with Gasteiger partial charge in [0, 0.05) is 0 Å². The van der Waals surface area contributed by atoms with E-state index in [2.05, 4.69) is 5.32 Å². The molecule has 2 aromatic carbocycles. The van der Waals surface area contributed by atoms with Crippen molar-refractivity contribution in [3.05, 3.63) is 70.5 Å². The number of carbonyl (C=O) groups excluding carboxylic acids is 2. The van der Waals surface area contributed by atoms with E-state index in [1.807, 2.05) is 6.07 Å². The molecule has 1 N–H and O–H groups in total. The number of esters is 1. The average Bonchev–Trinajstić information content (AvgIpc) is 2.98. The molecular weight excluding hydrogens is 309 g/mol. The van der Waals surface area contributed by atoms with Crippen LogP contribution in [0, 0.1) is 5.82 Å². The van der Waals surface area contributed by atoms with Crippen LogP contribution in [0.3, 0.4) is 0 Å². The lowest BCUT2D eigenvalue weighted by Crippen LogP contribution is -2.29. The molecule has 0 heterocycles. The Balaban J connectivity index is 1.73. The van der Waals surface area contributed by atoms with Crippen LogP contribution in [0.1, 0.15) is 39.5 Å². The maximum Gasteiger partial charge on any atom is 0.337 e. The standard InChI is InChI=1S/C19H18FNO3/c1-24-19(23)14-7-6-12-8-9-17(15(12)10-14)21-18(22)11-13-4-2-3-5-16(13)20/h2-7,10,17H,8-9,11H2,1H3,(H,21,22)/t17-/m1/s1. The number of rotatable bonds is 4. The van der Waals surface area contributed by atoms with Crippen molar-refractivity contribution in [3.8, 4) is 0 Å². The zero-order valence-electron chi connectivity index (χ0n) is 13.3. The van der Waals surface area contributed by atoms with E-state index < -0.39 is 5.97 Å². The first kappa shape index (κ1) is 16.2. The number of nitrogens with one attached hydrogen (secondary N) is 1. The van der Waals surface area contributed by atoms with Crippen molar-refractivity contribution >= 4 is 11.9 Å². The number of fused-ring (bicyclic) bond motifs is 1. The Hall–Kier alpha value is -2.69. The molecule has 0 saturated carbocycles. The highest BCUT2D eigenvalue weighted by atomic mass is 19.1. The summed E-state index contributed by atoms with van der Waals surface area (Å²) in [7, 11) is 1.34. The Bertz CT molecular complexity index is 788. The van der Waals surface area contributed by atoms with Gasteiger partial charge in [-0.05, 0) is 47.7 Å². The minimum atomic E-state index is -0.402. The van der Waals surface area contributed by atoms with Gasteiger partial charge in [0.25, 0.3) is 0 Å². The van der Waals surface area contributed by atoms with Crippen molar-refractivity contribution in [2.75, 3.05) is 7.11 Å². The van der Waals surface area contributed by atoms with Crippen LogP contribution in [-0.4, -0.2) is 19.0 Å². The predicted molar refractivity (Wildman–Crippen MR) is 87.1 cm³/mol. The number of methoxy groups -OCH3 is 1. The third-order valence-electron chi connectivity index (χ3n) is 4.29. The molecule has 0 fully saturated rings. The molecule has 2 aromatic rings. The predicted octanol–water partition coefficient (Wildman–Crippen LogP) is 2.96. The van der Waals surface area contributed by atoms with Gasteiger partial charge in [-0.25, -0.2) is 9.18 Å². The van der Waals surface area contributed by atoms with Crippen molar-refractivity contribution in [2.24, 2.45) is 0 Å². The average molecular weight is 327 g/mol. The van der Waals surface area contributed by atoms with E-state index in [0.717, 1.165) is 24.0 Å². The van der Waals surface area contributed by atoms with Crippen molar-refractivity contribution in [2.45, 2.75) is 25.3 Å². The fraction of sp³-hybridized carbons (Fsp3) is 0.263. The lowest BCUT2D eigenvalue weighted by molar-refractivity contribution is -0.121. The molecular formula is C19H18FNO3. The van der Waals surface area contributed by atoms with E-state index in [-0.39, 0.29) is 24.2 Å². The lowest BCUT2D eigenvalue weighted by atomic mass is 10.0. The van der Waals surface area contributed by atoms with Crippen molar-refractivity contribution < 1.29 is 18.7 Å². The van der Waals surface area contributed by atoms with Crippen LogP contribution < -0.4 is 5.32 Å². The number of aryl methyl sites for hydroxylation is 1. The first-order chi connectivity index (χ1) is 11.6. The monoisotopic (exact) mass is 327 g/mol. The fourth-order valence-corrected chi connectivity index (χ4v) is 3.06. The van der Waals surface area contributed by atoms with Crippen molar-refractivity contribution in [1.82, 2.24) is 5.32 Å². The van der Waals surface area contributed by atoms with Crippen molar-refractivity contribution in [1.29, 1.82) is 0 Å². The molecule has 5 heteroatoms. The molecule has 0 spiro atoms. The highest BCUT2D eigenvalue weighted by Crippen LogP contribution is 2.32. The minimum Gasteiger partial charge on any atom is -0.465 e. The Morgan fingerprint density at radius 1 is 1.25 bits per heavy atom. The van der Waals surface area contributed by atoms with Gasteiger partial charge in [0.1, 0.15) is 5.82 Å². The molecule has 0 unspecified atom stereocenters. The first-order valence-corrected chi connectivity index (χ1v) is 7.82. The number of hydrogen-bond donors (Lipinski definition) is 1. The minimum absolute atomic E-state index is 0.00476. The lowest BCUT2D eigenvalue weighted by Gasteiger charge is -2.15. The number of benzene rings is 2. The van der Waals surface area contributed by atoms with Gasteiger partial charge in [-0.15, -0.1) is 0 Å². The summed E-state index contributed by atoms with van der Waals surface area (Å²) in [4.78, 5) is 23.9. The Morgan fingerprint density at radius 2 is 2.04 bits per heavy atom. The summed E-state index contributed by atoms with van der Waals surface area (Å²) in [5, 5.41) is 2.94. The molecule has 0 radical (unpaired) electrons. The summed E-state index contributed by atoms with van der Waals surface area (Å²) in [6.45, 7) is 0. The van der Waals surface area contributed by atoms with E-state index in [4.69, 9.17) is 4.74 Å². The molecule has 0 bridgehead atoms. The number of amides is 1. The molecule has 0 aliphatic heterocycles. The highest BCUT2D eigenvalue weighted by molar-refractivity contribution is 5.89. The van der Waals surface area contributed by atoms with Crippen LogP contribution in [0.4, 0.5) is 4.39 Å². The fourth-order valence-electron chi connectivity index (χ4n) is 3.06. The van der Waals surface area contributed by atoms with Crippen LogP contribution in [0.5, 0.6) is 0 Å². The topological polar surface area (TPSA) is 55.4 Å². The summed E-state index contributed by atoms with van der Waals surface area (Å²) in [6.07, 6.45) is 1.60. The van der Waals surface area contributed by atoms with Gasteiger partial charge >= 0.3 is 5.97 Å². The molecule has 3 rings (SSSR count). The Kier molecular flexibility index (Phi) is 4.60. The molecule has 1 aliphatic carbocycles. The molecule has 4 nitrogen and oxygen atoms in total. The van der Waals surface area contributed by atoms with Gasteiger partial charge < -0.3 is 10.1 Å². The smallest absolute Gasteiger partial charge is 0.337 e. The maximum atomic E-state index is 13.7.